The third-order valence-corrected chi connectivity index (χ3v) is 4.94. The fourth-order valence-corrected chi connectivity index (χ4v) is 3.30. The number of rotatable bonds is 9. The lowest BCUT2D eigenvalue weighted by molar-refractivity contribution is -0.113. The Labute approximate surface area is 180 Å². The van der Waals surface area contributed by atoms with Gasteiger partial charge in [-0.2, -0.15) is 0 Å². The van der Waals surface area contributed by atoms with Crippen LogP contribution in [0, 0.1) is 5.82 Å². The number of aromatic nitrogens is 2. The number of anilines is 1. The molecule has 1 aromatic heterocycles. The highest BCUT2D eigenvalue weighted by molar-refractivity contribution is 7.99. The molecule has 0 atom stereocenters. The molecule has 0 saturated carbocycles. The maximum atomic E-state index is 12.9. The van der Waals surface area contributed by atoms with E-state index in [1.54, 1.807) is 18.2 Å². The van der Waals surface area contributed by atoms with E-state index in [9.17, 15) is 9.18 Å². The molecule has 0 aliphatic carbocycles. The van der Waals surface area contributed by atoms with Gasteiger partial charge >= 0.3 is 0 Å². The van der Waals surface area contributed by atoms with Crippen LogP contribution < -0.4 is 10.1 Å². The van der Waals surface area contributed by atoms with Crippen LogP contribution in [0.3, 0.4) is 0 Å². The number of carbonyl (C=O) groups excluding carboxylic acids is 1. The molecule has 10 heteroatoms. The Hall–Kier alpha value is -2.29. The molecule has 0 radical (unpaired) electrons. The second kappa shape index (κ2) is 10.5. The predicted octanol–water partition coefficient (Wildman–Crippen LogP) is 5.26. The average molecular weight is 456 g/mol. The van der Waals surface area contributed by atoms with E-state index in [4.69, 9.17) is 32.4 Å². The summed E-state index contributed by atoms with van der Waals surface area (Å²) in [6, 6.07) is 10.6. The van der Waals surface area contributed by atoms with Gasteiger partial charge in [-0.1, -0.05) is 35.0 Å². The van der Waals surface area contributed by atoms with Crippen LogP contribution in [0.2, 0.25) is 10.0 Å². The van der Waals surface area contributed by atoms with Gasteiger partial charge in [0.05, 0.1) is 17.4 Å². The van der Waals surface area contributed by atoms with E-state index < -0.39 is 0 Å². The van der Waals surface area contributed by atoms with Crippen molar-refractivity contribution < 1.29 is 18.3 Å². The Balaban J connectivity index is 1.37. The zero-order chi connectivity index (χ0) is 20.6. The SMILES string of the molecule is O=C(CSc1nnc(CCCOc2ccc(Cl)cc2Cl)o1)Nc1ccc(F)cc1. The van der Waals surface area contributed by atoms with E-state index in [2.05, 4.69) is 15.5 Å². The third kappa shape index (κ3) is 6.92. The molecule has 0 fully saturated rings. The lowest BCUT2D eigenvalue weighted by Crippen LogP contribution is -2.13. The highest BCUT2D eigenvalue weighted by Gasteiger charge is 2.10. The summed E-state index contributed by atoms with van der Waals surface area (Å²) in [5.74, 6) is 0.492. The topological polar surface area (TPSA) is 77.2 Å². The van der Waals surface area contributed by atoms with Crippen molar-refractivity contribution in [1.29, 1.82) is 0 Å². The summed E-state index contributed by atoms with van der Waals surface area (Å²) in [5.41, 5.74) is 0.518. The van der Waals surface area contributed by atoms with E-state index >= 15 is 0 Å². The highest BCUT2D eigenvalue weighted by atomic mass is 35.5. The average Bonchev–Trinajstić information content (AvgIpc) is 3.15. The van der Waals surface area contributed by atoms with Crippen LogP contribution in [0.15, 0.2) is 52.1 Å². The largest absolute Gasteiger partial charge is 0.492 e. The molecule has 3 rings (SSSR count). The summed E-state index contributed by atoms with van der Waals surface area (Å²) < 4.78 is 24.0. The summed E-state index contributed by atoms with van der Waals surface area (Å²) in [6.07, 6.45) is 1.18. The molecule has 6 nitrogen and oxygen atoms in total. The van der Waals surface area contributed by atoms with Gasteiger partial charge in [-0.25, -0.2) is 4.39 Å². The number of halogens is 3. The summed E-state index contributed by atoms with van der Waals surface area (Å²) in [6.45, 7) is 0.423. The molecule has 1 amide bonds. The Morgan fingerprint density at radius 2 is 1.97 bits per heavy atom. The van der Waals surface area contributed by atoms with Crippen LogP contribution in [-0.4, -0.2) is 28.5 Å². The first kappa shape index (κ1) is 21.4. The zero-order valence-corrected chi connectivity index (χ0v) is 17.4. The molecule has 29 heavy (non-hydrogen) atoms. The molecule has 0 spiro atoms. The number of hydrogen-bond acceptors (Lipinski definition) is 6. The van der Waals surface area contributed by atoms with Gasteiger partial charge in [0.2, 0.25) is 11.8 Å². The molecule has 3 aromatic rings. The monoisotopic (exact) mass is 455 g/mol. The fraction of sp³-hybridized carbons (Fsp3) is 0.211. The molecular formula is C19H16Cl2FN3O3S. The third-order valence-electron chi connectivity index (χ3n) is 3.59. The van der Waals surface area contributed by atoms with E-state index in [1.807, 2.05) is 0 Å². The minimum absolute atomic E-state index is 0.0944. The summed E-state index contributed by atoms with van der Waals surface area (Å²) in [7, 11) is 0. The fourth-order valence-electron chi connectivity index (χ4n) is 2.25. The predicted molar refractivity (Wildman–Crippen MR) is 110 cm³/mol. The number of hydrogen-bond donors (Lipinski definition) is 1. The van der Waals surface area contributed by atoms with Crippen molar-refractivity contribution in [2.45, 2.75) is 18.1 Å². The van der Waals surface area contributed by atoms with Crippen molar-refractivity contribution in [2.75, 3.05) is 17.7 Å². The smallest absolute Gasteiger partial charge is 0.277 e. The number of nitrogens with one attached hydrogen (secondary N) is 1. The first-order valence-corrected chi connectivity index (χ1v) is 10.3. The molecule has 0 aliphatic heterocycles. The summed E-state index contributed by atoms with van der Waals surface area (Å²) >= 11 is 13.0. The van der Waals surface area contributed by atoms with Gasteiger partial charge in [0, 0.05) is 17.1 Å². The normalized spacial score (nSPS) is 10.7. The van der Waals surface area contributed by atoms with E-state index in [-0.39, 0.29) is 17.5 Å². The maximum Gasteiger partial charge on any atom is 0.277 e. The molecule has 1 heterocycles. The van der Waals surface area contributed by atoms with Crippen LogP contribution >= 0.6 is 35.0 Å². The number of amides is 1. The molecule has 1 N–H and O–H groups in total. The van der Waals surface area contributed by atoms with Crippen LogP contribution in [0.25, 0.3) is 0 Å². The lowest BCUT2D eigenvalue weighted by atomic mass is 10.3. The van der Waals surface area contributed by atoms with Crippen molar-refractivity contribution in [3.63, 3.8) is 0 Å². The first-order valence-electron chi connectivity index (χ1n) is 8.58. The number of carbonyl (C=O) groups is 1. The van der Waals surface area contributed by atoms with Crippen LogP contribution in [0.5, 0.6) is 5.75 Å². The van der Waals surface area contributed by atoms with Crippen molar-refractivity contribution in [1.82, 2.24) is 10.2 Å². The lowest BCUT2D eigenvalue weighted by Gasteiger charge is -2.07. The highest BCUT2D eigenvalue weighted by Crippen LogP contribution is 2.27. The molecular weight excluding hydrogens is 440 g/mol. The number of aryl methyl sites for hydroxylation is 1. The molecule has 0 saturated heterocycles. The van der Waals surface area contributed by atoms with E-state index in [0.717, 1.165) is 11.8 Å². The van der Waals surface area contributed by atoms with Gasteiger partial charge in [0.25, 0.3) is 5.22 Å². The van der Waals surface area contributed by atoms with E-state index in [1.165, 1.54) is 24.3 Å². The molecule has 2 aromatic carbocycles. The van der Waals surface area contributed by atoms with Crippen LogP contribution in [-0.2, 0) is 11.2 Å². The van der Waals surface area contributed by atoms with Gasteiger partial charge in [-0.3, -0.25) is 4.79 Å². The van der Waals surface area contributed by atoms with Crippen LogP contribution in [0.4, 0.5) is 10.1 Å². The number of benzene rings is 2. The summed E-state index contributed by atoms with van der Waals surface area (Å²) in [4.78, 5) is 11.9. The van der Waals surface area contributed by atoms with Crippen molar-refractivity contribution in [3.8, 4) is 5.75 Å². The van der Waals surface area contributed by atoms with Gasteiger partial charge in [0.1, 0.15) is 11.6 Å². The molecule has 0 bridgehead atoms. The first-order chi connectivity index (χ1) is 14.0. The van der Waals surface area contributed by atoms with Gasteiger partial charge in [-0.15, -0.1) is 10.2 Å². The second-order valence-corrected chi connectivity index (χ2v) is 7.60. The molecule has 0 aliphatic rings. The number of ether oxygens (including phenoxy) is 1. The Kier molecular flexibility index (Phi) is 7.74. The van der Waals surface area contributed by atoms with Gasteiger partial charge in [0.15, 0.2) is 0 Å². The van der Waals surface area contributed by atoms with Crippen molar-refractivity contribution in [3.05, 3.63) is 64.2 Å². The summed E-state index contributed by atoms with van der Waals surface area (Å²) in [5, 5.41) is 11.8. The van der Waals surface area contributed by atoms with E-state index in [0.29, 0.717) is 52.0 Å². The standard InChI is InChI=1S/C19H16Cl2FN3O3S/c20-12-3-8-16(15(21)10-12)27-9-1-2-18-24-25-19(28-18)29-11-17(26)23-14-6-4-13(22)5-7-14/h3-8,10H,1-2,9,11H2,(H,23,26). The van der Waals surface area contributed by atoms with Gasteiger partial charge in [-0.05, 0) is 48.9 Å². The quantitative estimate of drug-likeness (QED) is 0.350. The molecule has 152 valence electrons. The minimum Gasteiger partial charge on any atom is -0.492 e. The Bertz CT molecular complexity index is 970. The van der Waals surface area contributed by atoms with Crippen molar-refractivity contribution >= 4 is 46.6 Å². The second-order valence-electron chi connectivity index (χ2n) is 5.83. The zero-order valence-electron chi connectivity index (χ0n) is 15.0. The molecule has 0 unspecified atom stereocenters. The van der Waals surface area contributed by atoms with Gasteiger partial charge < -0.3 is 14.5 Å². The Morgan fingerprint density at radius 1 is 1.17 bits per heavy atom. The van der Waals surface area contributed by atoms with Crippen LogP contribution in [0.1, 0.15) is 12.3 Å². The maximum absolute atomic E-state index is 12.9. The number of nitrogens with zero attached hydrogens (tertiary/aromatic N) is 2. The minimum atomic E-state index is -0.363. The number of thioether (sulfide) groups is 1. The van der Waals surface area contributed by atoms with Crippen molar-refractivity contribution in [2.24, 2.45) is 0 Å². The Morgan fingerprint density at radius 3 is 2.72 bits per heavy atom.